The normalized spacial score (nSPS) is 44.8. The van der Waals surface area contributed by atoms with Gasteiger partial charge in [0.05, 0.1) is 54.9 Å². The maximum absolute atomic E-state index is 12.6. The summed E-state index contributed by atoms with van der Waals surface area (Å²) in [4.78, 5) is 25.1. The lowest BCUT2D eigenvalue weighted by atomic mass is 9.82. The van der Waals surface area contributed by atoms with Crippen LogP contribution >= 0.6 is 0 Å². The number of aliphatic hydroxyl groups is 8. The van der Waals surface area contributed by atoms with Crippen LogP contribution in [-0.4, -0.2) is 143 Å². The first-order chi connectivity index (χ1) is 30.2. The topological polar surface area (TPSA) is 279 Å². The minimum atomic E-state index is -2.26. The smallest absolute Gasteiger partial charge is 0.311 e. The van der Waals surface area contributed by atoms with Crippen molar-refractivity contribution >= 4 is 11.9 Å². The quantitative estimate of drug-likeness (QED) is 0.182. The van der Waals surface area contributed by atoms with Crippen LogP contribution in [0.1, 0.15) is 92.4 Å². The van der Waals surface area contributed by atoms with Gasteiger partial charge < -0.3 is 70.6 Å². The summed E-state index contributed by atoms with van der Waals surface area (Å²) >= 11 is 0. The number of rotatable bonds is 3. The molecule has 0 spiro atoms. The van der Waals surface area contributed by atoms with E-state index in [4.69, 9.17) is 24.7 Å². The van der Waals surface area contributed by atoms with Crippen LogP contribution in [0.3, 0.4) is 0 Å². The Bertz CT molecular complexity index is 1630. The number of ether oxygens (including phenoxy) is 4. The third-order valence-electron chi connectivity index (χ3n) is 12.5. The highest BCUT2D eigenvalue weighted by atomic mass is 16.7. The molecule has 2 fully saturated rings. The number of allylic oxidation sites excluding steroid dienone is 12. The number of cyclic esters (lactones) is 1. The molecule has 3 rings (SSSR count). The number of nitrogens with two attached hydrogens (primary N) is 1. The van der Waals surface area contributed by atoms with Gasteiger partial charge in [0.1, 0.15) is 18.1 Å². The first kappa shape index (κ1) is 55.0. The van der Waals surface area contributed by atoms with Crippen molar-refractivity contribution in [1.82, 2.24) is 0 Å². The Morgan fingerprint density at radius 1 is 0.688 bits per heavy atom. The van der Waals surface area contributed by atoms with Crippen molar-refractivity contribution in [2.45, 2.75) is 178 Å². The van der Waals surface area contributed by atoms with Gasteiger partial charge in [0, 0.05) is 50.0 Å². The highest BCUT2D eigenvalue weighted by Gasteiger charge is 2.51. The van der Waals surface area contributed by atoms with E-state index in [-0.39, 0.29) is 49.9 Å². The van der Waals surface area contributed by atoms with Gasteiger partial charge in [-0.3, -0.25) is 9.59 Å². The van der Waals surface area contributed by atoms with Crippen molar-refractivity contribution in [3.63, 3.8) is 0 Å². The molecule has 6 unspecified atom stereocenters. The molecule has 0 aromatic rings. The fourth-order valence-corrected chi connectivity index (χ4v) is 8.05. The van der Waals surface area contributed by atoms with Gasteiger partial charge in [-0.1, -0.05) is 106 Å². The number of hydrogen-bond donors (Lipinski definition) is 10. The van der Waals surface area contributed by atoms with Crippen molar-refractivity contribution in [3.8, 4) is 0 Å². The van der Waals surface area contributed by atoms with Gasteiger partial charge in [-0.2, -0.15) is 0 Å². The van der Waals surface area contributed by atoms with E-state index < -0.39 is 122 Å². The van der Waals surface area contributed by atoms with E-state index in [0.29, 0.717) is 6.42 Å². The summed E-state index contributed by atoms with van der Waals surface area (Å²) in [5.41, 5.74) is 6.27. The number of esters is 1. The molecule has 16 heteroatoms. The number of carbonyl (C=O) groups is 2. The summed E-state index contributed by atoms with van der Waals surface area (Å²) in [6.45, 7) is 9.03. The third-order valence-corrected chi connectivity index (χ3v) is 12.5. The molecule has 18 atom stereocenters. The lowest BCUT2D eigenvalue weighted by Crippen LogP contribution is -2.58. The molecule has 0 aromatic carbocycles. The predicted molar refractivity (Wildman–Crippen MR) is 239 cm³/mol. The maximum atomic E-state index is 12.6. The van der Waals surface area contributed by atoms with Crippen molar-refractivity contribution in [2.75, 3.05) is 0 Å². The second-order valence-corrected chi connectivity index (χ2v) is 17.7. The average Bonchev–Trinajstić information content (AvgIpc) is 3.22. The summed E-state index contributed by atoms with van der Waals surface area (Å²) < 4.78 is 23.7. The highest BCUT2D eigenvalue weighted by molar-refractivity contribution is 5.71. The van der Waals surface area contributed by atoms with Crippen LogP contribution in [0, 0.1) is 23.7 Å². The average molecular weight is 906 g/mol. The second-order valence-electron chi connectivity index (χ2n) is 17.7. The Morgan fingerprint density at radius 3 is 1.86 bits per heavy atom. The Balaban J connectivity index is 1.84. The molecule has 0 saturated carbocycles. The lowest BCUT2D eigenvalue weighted by Gasteiger charge is -2.45. The molecule has 0 aliphatic carbocycles. The Labute approximate surface area is 377 Å². The van der Waals surface area contributed by atoms with Crippen molar-refractivity contribution < 1.29 is 74.5 Å². The Hall–Kier alpha value is -3.36. The van der Waals surface area contributed by atoms with Gasteiger partial charge >= 0.3 is 11.9 Å². The van der Waals surface area contributed by atoms with Crippen LogP contribution < -0.4 is 5.73 Å². The standard InChI is InChI=1S/C48H75NO15/c1-29-19-16-14-12-10-8-6-7-9-11-13-15-17-21-36(63-47-45(57)43(49)30(2)32(4)62-47)26-40-42(46(58)59)39(54)28-48(60,64-40)27-35(51)25-38(53)37(52)24-23-34(50)20-18-22-41(55)61-33(5)31(3)44(29)56/h6-17,19,21,29-40,42-45,47,50-54,56-57,60H,18,20,22-28,49H2,1-5H3,(H,58,59)/b7-6+,10-8+,11-9+,14-12+,15-13+,19-16+,21-17+/t29-,30?,31-,32?,33-,34-,35-,36-,37+,38+,39-,40?,42+,43?,44+,45?,47?,48+/m0/s1. The molecule has 0 radical (unpaired) electrons. The minimum Gasteiger partial charge on any atom is -0.481 e. The molecule has 11 N–H and O–H groups in total. The molecule has 0 aromatic heterocycles. The van der Waals surface area contributed by atoms with Crippen LogP contribution in [0.15, 0.2) is 85.1 Å². The van der Waals surface area contributed by atoms with Gasteiger partial charge in [-0.15, -0.1) is 0 Å². The van der Waals surface area contributed by atoms with E-state index in [0.717, 1.165) is 0 Å². The zero-order valence-electron chi connectivity index (χ0n) is 37.8. The molecule has 3 aliphatic heterocycles. The Morgan fingerprint density at radius 2 is 1.27 bits per heavy atom. The number of carbonyl (C=O) groups excluding carboxylic acids is 1. The van der Waals surface area contributed by atoms with Crippen LogP contribution in [0.5, 0.6) is 0 Å². The monoisotopic (exact) mass is 906 g/mol. The van der Waals surface area contributed by atoms with Crippen LogP contribution in [0.2, 0.25) is 0 Å². The first-order valence-electron chi connectivity index (χ1n) is 22.6. The zero-order chi connectivity index (χ0) is 47.6. The number of aliphatic carboxylic acids is 1. The van der Waals surface area contributed by atoms with Gasteiger partial charge in [0.2, 0.25) is 0 Å². The van der Waals surface area contributed by atoms with E-state index >= 15 is 0 Å². The van der Waals surface area contributed by atoms with Crippen molar-refractivity contribution in [2.24, 2.45) is 29.4 Å². The molecule has 0 amide bonds. The van der Waals surface area contributed by atoms with Gasteiger partial charge in [-0.05, 0) is 45.4 Å². The summed E-state index contributed by atoms with van der Waals surface area (Å²) in [7, 11) is 0. The van der Waals surface area contributed by atoms with Gasteiger partial charge in [-0.25, -0.2) is 0 Å². The molecule has 3 heterocycles. The first-order valence-corrected chi connectivity index (χ1v) is 22.6. The molecule has 16 nitrogen and oxygen atoms in total. The number of carboxylic acids is 1. The van der Waals surface area contributed by atoms with Crippen molar-refractivity contribution in [1.29, 1.82) is 0 Å². The van der Waals surface area contributed by atoms with Crippen LogP contribution in [0.4, 0.5) is 0 Å². The fraction of sp³-hybridized carbons (Fsp3) is 0.667. The predicted octanol–water partition coefficient (Wildman–Crippen LogP) is 3.02. The molecule has 2 saturated heterocycles. The fourth-order valence-electron chi connectivity index (χ4n) is 8.05. The second kappa shape index (κ2) is 27.3. The summed E-state index contributed by atoms with van der Waals surface area (Å²) in [5.74, 6) is -6.43. The van der Waals surface area contributed by atoms with E-state index in [9.17, 15) is 55.5 Å². The maximum Gasteiger partial charge on any atom is 0.311 e. The molecular weight excluding hydrogens is 831 g/mol. The highest BCUT2D eigenvalue weighted by Crippen LogP contribution is 2.38. The van der Waals surface area contributed by atoms with Gasteiger partial charge in [0.15, 0.2) is 12.1 Å². The SMILES string of the molecule is CC1OC(O[C@H]2/C=C/C=C/C=C/C=C/C=C/C=C/C=C/[C@H](C)[C@@H](O)[C@@H](C)[C@H](C)OC(=O)CCC[C@H](O)CC[C@@H](O)[C@H](O)C[C@H](O)C[C@]3(O)C[C@H](O)[C@@H](C(=O)O)C(C2)O3)C(O)C(N)C1C. The summed E-state index contributed by atoms with van der Waals surface area (Å²) in [6, 6.07) is -0.693. The van der Waals surface area contributed by atoms with E-state index in [1.165, 1.54) is 0 Å². The largest absolute Gasteiger partial charge is 0.481 e. The van der Waals surface area contributed by atoms with Crippen molar-refractivity contribution in [3.05, 3.63) is 85.1 Å². The summed E-state index contributed by atoms with van der Waals surface area (Å²) in [6.07, 6.45) is 10.3. The molecule has 64 heavy (non-hydrogen) atoms. The minimum absolute atomic E-state index is 0.0292. The number of hydrogen-bond acceptors (Lipinski definition) is 15. The van der Waals surface area contributed by atoms with E-state index in [2.05, 4.69) is 0 Å². The number of aliphatic hydroxyl groups excluding tert-OH is 7. The van der Waals surface area contributed by atoms with E-state index in [1.54, 1.807) is 50.3 Å². The summed E-state index contributed by atoms with van der Waals surface area (Å²) in [5, 5.41) is 97.6. The van der Waals surface area contributed by atoms with E-state index in [1.807, 2.05) is 69.4 Å². The van der Waals surface area contributed by atoms with Crippen LogP contribution in [0.25, 0.3) is 0 Å². The number of carboxylic acid groups (broad SMARTS) is 1. The molecule has 3 aliphatic rings. The molecular formula is C48H75NO15. The molecule has 362 valence electrons. The number of fused-ring (bicyclic) bond motifs is 2. The zero-order valence-corrected chi connectivity index (χ0v) is 37.8. The third kappa shape index (κ3) is 18.1. The molecule has 2 bridgehead atoms. The van der Waals surface area contributed by atoms with Crippen LogP contribution in [-0.2, 0) is 28.5 Å². The Kier molecular flexibility index (Phi) is 23.5. The lowest BCUT2D eigenvalue weighted by molar-refractivity contribution is -0.307. The van der Waals surface area contributed by atoms with Gasteiger partial charge in [0.25, 0.3) is 0 Å².